The number of likely N-dealkylation sites (N-methyl/N-ethyl adjacent to an activating group) is 1. The zero-order chi connectivity index (χ0) is 11.3. The van der Waals surface area contributed by atoms with Crippen LogP contribution < -0.4 is 10.1 Å². The zero-order valence-corrected chi connectivity index (χ0v) is 8.97. The smallest absolute Gasteiger partial charge is 0.257 e. The molecule has 5 heteroatoms. The normalized spacial score (nSPS) is 9.80. The first-order valence-electron chi connectivity index (χ1n) is 4.48. The number of nitrogens with one attached hydrogen (secondary N) is 1. The Balaban J connectivity index is 2.51. The summed E-state index contributed by atoms with van der Waals surface area (Å²) < 4.78 is 18.0. The van der Waals surface area contributed by atoms with Crippen molar-refractivity contribution in [3.63, 3.8) is 0 Å². The number of carbonyl (C=O) groups is 1. The van der Waals surface area contributed by atoms with Crippen molar-refractivity contribution in [3.05, 3.63) is 29.0 Å². The Bertz CT molecular complexity index is 357. The molecule has 0 unspecified atom stereocenters. The van der Waals surface area contributed by atoms with Crippen LogP contribution in [0.2, 0.25) is 5.02 Å². The van der Waals surface area contributed by atoms with Crippen molar-refractivity contribution in [3.8, 4) is 5.75 Å². The van der Waals surface area contributed by atoms with E-state index in [-0.39, 0.29) is 23.3 Å². The molecule has 0 fully saturated rings. The Kier molecular flexibility index (Phi) is 4.37. The number of benzene rings is 1. The van der Waals surface area contributed by atoms with Crippen LogP contribution in [0.5, 0.6) is 5.75 Å². The molecule has 1 N–H and O–H groups in total. The number of hydrogen-bond donors (Lipinski definition) is 1. The van der Waals surface area contributed by atoms with Crippen LogP contribution in [-0.2, 0) is 4.79 Å². The molecule has 0 aliphatic rings. The average Bonchev–Trinajstić information content (AvgIpc) is 2.20. The molecule has 1 amide bonds. The molecule has 15 heavy (non-hydrogen) atoms. The van der Waals surface area contributed by atoms with Gasteiger partial charge in [-0.15, -0.1) is 0 Å². The molecule has 0 spiro atoms. The van der Waals surface area contributed by atoms with Gasteiger partial charge in [0.05, 0.1) is 5.02 Å². The zero-order valence-electron chi connectivity index (χ0n) is 8.22. The molecule has 3 nitrogen and oxygen atoms in total. The van der Waals surface area contributed by atoms with Crippen LogP contribution >= 0.6 is 11.6 Å². The van der Waals surface area contributed by atoms with E-state index in [0.717, 1.165) is 6.07 Å². The van der Waals surface area contributed by atoms with Crippen LogP contribution in [0.4, 0.5) is 4.39 Å². The van der Waals surface area contributed by atoms with Gasteiger partial charge in [0.1, 0.15) is 11.6 Å². The Morgan fingerprint density at radius 1 is 1.60 bits per heavy atom. The van der Waals surface area contributed by atoms with E-state index in [1.165, 1.54) is 12.1 Å². The van der Waals surface area contributed by atoms with Gasteiger partial charge in [-0.1, -0.05) is 11.6 Å². The van der Waals surface area contributed by atoms with Crippen LogP contribution in [0.1, 0.15) is 6.92 Å². The monoisotopic (exact) mass is 231 g/mol. The highest BCUT2D eigenvalue weighted by Crippen LogP contribution is 2.20. The summed E-state index contributed by atoms with van der Waals surface area (Å²) in [5, 5.41) is 2.59. The van der Waals surface area contributed by atoms with Gasteiger partial charge in [0.25, 0.3) is 5.91 Å². The van der Waals surface area contributed by atoms with Crippen molar-refractivity contribution in [1.29, 1.82) is 0 Å². The summed E-state index contributed by atoms with van der Waals surface area (Å²) in [4.78, 5) is 11.0. The van der Waals surface area contributed by atoms with Gasteiger partial charge >= 0.3 is 0 Å². The van der Waals surface area contributed by atoms with Gasteiger partial charge in [-0.3, -0.25) is 4.79 Å². The molecule has 0 saturated heterocycles. The maximum atomic E-state index is 12.9. The van der Waals surface area contributed by atoms with Gasteiger partial charge in [-0.25, -0.2) is 4.39 Å². The minimum Gasteiger partial charge on any atom is -0.484 e. The topological polar surface area (TPSA) is 38.3 Å². The minimum absolute atomic E-state index is 0.0281. The number of carbonyl (C=O) groups excluding carboxylic acids is 1. The molecule has 1 aromatic carbocycles. The van der Waals surface area contributed by atoms with E-state index in [1.54, 1.807) is 6.92 Å². The summed E-state index contributed by atoms with van der Waals surface area (Å²) in [6, 6.07) is 4.02. The number of ether oxygens (including phenoxy) is 1. The largest absolute Gasteiger partial charge is 0.484 e. The third kappa shape index (κ3) is 3.75. The Labute approximate surface area is 92.2 Å². The van der Waals surface area contributed by atoms with Crippen LogP contribution in [-0.4, -0.2) is 19.1 Å². The van der Waals surface area contributed by atoms with E-state index in [2.05, 4.69) is 5.32 Å². The summed E-state index contributed by atoms with van der Waals surface area (Å²) >= 11 is 5.48. The van der Waals surface area contributed by atoms with Crippen molar-refractivity contribution in [2.75, 3.05) is 13.2 Å². The predicted octanol–water partition coefficient (Wildman–Crippen LogP) is 1.99. The second-order valence-electron chi connectivity index (χ2n) is 2.82. The SMILES string of the molecule is CCNC(=O)COc1ccc(Cl)c(F)c1. The molecule has 0 radical (unpaired) electrons. The fourth-order valence-corrected chi connectivity index (χ4v) is 1.08. The third-order valence-corrected chi connectivity index (χ3v) is 1.94. The Hall–Kier alpha value is -1.29. The first kappa shape index (κ1) is 11.8. The highest BCUT2D eigenvalue weighted by Gasteiger charge is 2.04. The van der Waals surface area contributed by atoms with Gasteiger partial charge in [0.15, 0.2) is 6.61 Å². The molecule has 82 valence electrons. The molecular weight excluding hydrogens is 221 g/mol. The molecule has 0 aliphatic heterocycles. The number of hydrogen-bond acceptors (Lipinski definition) is 2. The molecule has 0 heterocycles. The van der Waals surface area contributed by atoms with E-state index in [4.69, 9.17) is 16.3 Å². The van der Waals surface area contributed by atoms with E-state index in [9.17, 15) is 9.18 Å². The summed E-state index contributed by atoms with van der Waals surface area (Å²) in [6.45, 7) is 2.21. The van der Waals surface area contributed by atoms with Crippen molar-refractivity contribution < 1.29 is 13.9 Å². The summed E-state index contributed by atoms with van der Waals surface area (Å²) in [7, 11) is 0. The predicted molar refractivity (Wildman–Crippen MR) is 55.6 cm³/mol. The second kappa shape index (κ2) is 5.56. The Morgan fingerprint density at radius 3 is 2.93 bits per heavy atom. The summed E-state index contributed by atoms with van der Waals surface area (Å²) in [5.74, 6) is -0.527. The Morgan fingerprint density at radius 2 is 2.33 bits per heavy atom. The fraction of sp³-hybridized carbons (Fsp3) is 0.300. The molecule has 0 bridgehead atoms. The quantitative estimate of drug-likeness (QED) is 0.861. The summed E-state index contributed by atoms with van der Waals surface area (Å²) in [6.07, 6.45) is 0. The molecule has 0 atom stereocenters. The van der Waals surface area contributed by atoms with Gasteiger partial charge in [0, 0.05) is 12.6 Å². The standard InChI is InChI=1S/C10H11ClFNO2/c1-2-13-10(14)6-15-7-3-4-8(11)9(12)5-7/h3-5H,2,6H2,1H3,(H,13,14). The maximum Gasteiger partial charge on any atom is 0.257 e. The van der Waals surface area contributed by atoms with Gasteiger partial charge < -0.3 is 10.1 Å². The van der Waals surface area contributed by atoms with Crippen molar-refractivity contribution >= 4 is 17.5 Å². The van der Waals surface area contributed by atoms with Crippen LogP contribution in [0.3, 0.4) is 0 Å². The maximum absolute atomic E-state index is 12.9. The van der Waals surface area contributed by atoms with Crippen LogP contribution in [0.25, 0.3) is 0 Å². The second-order valence-corrected chi connectivity index (χ2v) is 3.23. The number of halogens is 2. The van der Waals surface area contributed by atoms with Crippen molar-refractivity contribution in [2.45, 2.75) is 6.92 Å². The molecule has 1 aromatic rings. The van der Waals surface area contributed by atoms with E-state index in [0.29, 0.717) is 6.54 Å². The highest BCUT2D eigenvalue weighted by molar-refractivity contribution is 6.30. The number of rotatable bonds is 4. The lowest BCUT2D eigenvalue weighted by atomic mass is 10.3. The first-order chi connectivity index (χ1) is 7.13. The molecule has 0 aromatic heterocycles. The minimum atomic E-state index is -0.565. The van der Waals surface area contributed by atoms with Crippen molar-refractivity contribution in [1.82, 2.24) is 5.32 Å². The van der Waals surface area contributed by atoms with E-state index in [1.807, 2.05) is 0 Å². The number of amides is 1. The molecular formula is C10H11ClFNO2. The molecule has 0 aliphatic carbocycles. The van der Waals surface area contributed by atoms with E-state index < -0.39 is 5.82 Å². The van der Waals surface area contributed by atoms with Crippen LogP contribution in [0, 0.1) is 5.82 Å². The van der Waals surface area contributed by atoms with E-state index >= 15 is 0 Å². The first-order valence-corrected chi connectivity index (χ1v) is 4.86. The molecule has 0 saturated carbocycles. The molecule has 1 rings (SSSR count). The third-order valence-electron chi connectivity index (χ3n) is 1.63. The fourth-order valence-electron chi connectivity index (χ4n) is 0.964. The summed E-state index contributed by atoms with van der Waals surface area (Å²) in [5.41, 5.74) is 0. The average molecular weight is 232 g/mol. The van der Waals surface area contributed by atoms with Crippen molar-refractivity contribution in [2.24, 2.45) is 0 Å². The lowest BCUT2D eigenvalue weighted by Gasteiger charge is -2.06. The lowest BCUT2D eigenvalue weighted by molar-refractivity contribution is -0.122. The van der Waals surface area contributed by atoms with Gasteiger partial charge in [-0.2, -0.15) is 0 Å². The van der Waals surface area contributed by atoms with Crippen LogP contribution in [0.15, 0.2) is 18.2 Å². The van der Waals surface area contributed by atoms with Gasteiger partial charge in [-0.05, 0) is 19.1 Å². The lowest BCUT2D eigenvalue weighted by Crippen LogP contribution is -2.28. The van der Waals surface area contributed by atoms with Gasteiger partial charge in [0.2, 0.25) is 0 Å². The highest BCUT2D eigenvalue weighted by atomic mass is 35.5.